The zero-order valence-corrected chi connectivity index (χ0v) is 12.8. The third kappa shape index (κ3) is 3.76. The molecule has 1 aliphatic rings. The molecule has 6 heteroatoms. The maximum atomic E-state index is 12.1. The Bertz CT molecular complexity index is 564. The molecule has 2 N–H and O–H groups in total. The molecule has 22 heavy (non-hydrogen) atoms. The third-order valence-electron chi connectivity index (χ3n) is 3.84. The maximum Gasteiger partial charge on any atom is 0.329 e. The van der Waals surface area contributed by atoms with Gasteiger partial charge in [0.2, 0.25) is 0 Å². The van der Waals surface area contributed by atoms with E-state index >= 15 is 0 Å². The predicted molar refractivity (Wildman–Crippen MR) is 80.0 cm³/mol. The number of carbonyl (C=O) groups excluding carboxylic acids is 1. The van der Waals surface area contributed by atoms with Crippen molar-refractivity contribution in [1.82, 2.24) is 5.32 Å². The van der Waals surface area contributed by atoms with Crippen LogP contribution in [0.15, 0.2) is 18.2 Å². The van der Waals surface area contributed by atoms with Gasteiger partial charge in [-0.05, 0) is 31.0 Å². The molecule has 0 aliphatic carbocycles. The van der Waals surface area contributed by atoms with E-state index in [1.165, 1.54) is 0 Å². The number of carbonyl (C=O) groups is 2. The molecular formula is C16H21NO5. The van der Waals surface area contributed by atoms with Crippen LogP contribution in [0, 0.1) is 13.8 Å². The zero-order chi connectivity index (χ0) is 16.2. The second kappa shape index (κ2) is 6.79. The van der Waals surface area contributed by atoms with Gasteiger partial charge < -0.3 is 19.9 Å². The Morgan fingerprint density at radius 1 is 1.32 bits per heavy atom. The van der Waals surface area contributed by atoms with Gasteiger partial charge in [-0.25, -0.2) is 4.79 Å². The largest absolute Gasteiger partial charge is 0.483 e. The van der Waals surface area contributed by atoms with Crippen molar-refractivity contribution < 1.29 is 24.2 Å². The van der Waals surface area contributed by atoms with E-state index in [-0.39, 0.29) is 19.4 Å². The number of nitrogens with one attached hydrogen (secondary N) is 1. The van der Waals surface area contributed by atoms with Crippen molar-refractivity contribution >= 4 is 11.9 Å². The van der Waals surface area contributed by atoms with Crippen LogP contribution in [-0.4, -0.2) is 42.3 Å². The summed E-state index contributed by atoms with van der Waals surface area (Å²) in [5.41, 5.74) is 0.713. The molecule has 0 spiro atoms. The fraction of sp³-hybridized carbons (Fsp3) is 0.500. The Hall–Kier alpha value is -2.08. The lowest BCUT2D eigenvalue weighted by Gasteiger charge is -2.33. The van der Waals surface area contributed by atoms with Crippen LogP contribution in [0.5, 0.6) is 5.75 Å². The fourth-order valence-corrected chi connectivity index (χ4v) is 2.42. The molecule has 0 atom stereocenters. The quantitative estimate of drug-likeness (QED) is 0.859. The lowest BCUT2D eigenvalue weighted by Crippen LogP contribution is -2.58. The second-order valence-corrected chi connectivity index (χ2v) is 5.61. The van der Waals surface area contributed by atoms with Gasteiger partial charge in [0, 0.05) is 26.1 Å². The van der Waals surface area contributed by atoms with Crippen molar-refractivity contribution in [2.24, 2.45) is 0 Å². The summed E-state index contributed by atoms with van der Waals surface area (Å²) in [5, 5.41) is 12.0. The number of benzene rings is 1. The topological polar surface area (TPSA) is 84.9 Å². The van der Waals surface area contributed by atoms with Crippen LogP contribution in [0.25, 0.3) is 0 Å². The van der Waals surface area contributed by atoms with Gasteiger partial charge in [-0.2, -0.15) is 0 Å². The van der Waals surface area contributed by atoms with E-state index in [2.05, 4.69) is 5.32 Å². The highest BCUT2D eigenvalue weighted by Gasteiger charge is 2.41. The molecule has 120 valence electrons. The summed E-state index contributed by atoms with van der Waals surface area (Å²) in [6, 6.07) is 5.73. The molecule has 1 aromatic carbocycles. The van der Waals surface area contributed by atoms with Gasteiger partial charge in [-0.15, -0.1) is 0 Å². The average molecular weight is 307 g/mol. The molecule has 1 fully saturated rings. The first-order valence-corrected chi connectivity index (χ1v) is 7.25. The first-order chi connectivity index (χ1) is 10.4. The number of aryl methyl sites for hydroxylation is 2. The van der Waals surface area contributed by atoms with Crippen molar-refractivity contribution in [3.05, 3.63) is 29.3 Å². The minimum atomic E-state index is -1.25. The number of carboxylic acids is 1. The van der Waals surface area contributed by atoms with Crippen LogP contribution in [0.1, 0.15) is 24.0 Å². The van der Waals surface area contributed by atoms with Gasteiger partial charge in [0.05, 0.1) is 0 Å². The van der Waals surface area contributed by atoms with E-state index < -0.39 is 17.4 Å². The van der Waals surface area contributed by atoms with Gasteiger partial charge in [0.1, 0.15) is 11.3 Å². The minimum absolute atomic E-state index is 0.208. The average Bonchev–Trinajstić information content (AvgIpc) is 2.49. The number of hydrogen-bond acceptors (Lipinski definition) is 4. The smallest absolute Gasteiger partial charge is 0.329 e. The van der Waals surface area contributed by atoms with Crippen molar-refractivity contribution in [1.29, 1.82) is 0 Å². The number of aliphatic carboxylic acids is 1. The molecule has 0 bridgehead atoms. The standard InChI is InChI=1S/C16H21NO5/c1-11-3-4-12(2)13(9-11)22-10-14(18)17-16(15(19)20)5-7-21-8-6-16/h3-4,9H,5-8,10H2,1-2H3,(H,17,18)(H,19,20). The lowest BCUT2D eigenvalue weighted by molar-refractivity contribution is -0.152. The molecule has 0 radical (unpaired) electrons. The molecule has 0 unspecified atom stereocenters. The molecule has 1 saturated heterocycles. The van der Waals surface area contributed by atoms with Gasteiger partial charge in [0.15, 0.2) is 6.61 Å². The van der Waals surface area contributed by atoms with Crippen molar-refractivity contribution in [3.8, 4) is 5.75 Å². The zero-order valence-electron chi connectivity index (χ0n) is 12.8. The van der Waals surface area contributed by atoms with E-state index in [4.69, 9.17) is 9.47 Å². The van der Waals surface area contributed by atoms with Crippen LogP contribution in [0.3, 0.4) is 0 Å². The molecule has 1 heterocycles. The van der Waals surface area contributed by atoms with E-state index in [9.17, 15) is 14.7 Å². The normalized spacial score (nSPS) is 16.8. The first kappa shape index (κ1) is 16.3. The summed E-state index contributed by atoms with van der Waals surface area (Å²) in [6.45, 7) is 4.27. The molecular weight excluding hydrogens is 286 g/mol. The fourth-order valence-electron chi connectivity index (χ4n) is 2.42. The molecule has 6 nitrogen and oxygen atoms in total. The maximum absolute atomic E-state index is 12.1. The summed E-state index contributed by atoms with van der Waals surface area (Å²) in [4.78, 5) is 23.5. The number of amides is 1. The Balaban J connectivity index is 1.97. The third-order valence-corrected chi connectivity index (χ3v) is 3.84. The van der Waals surface area contributed by atoms with E-state index in [1.54, 1.807) is 0 Å². The summed E-state index contributed by atoms with van der Waals surface area (Å²) in [5.74, 6) is -0.840. The highest BCUT2D eigenvalue weighted by atomic mass is 16.5. The molecule has 0 saturated carbocycles. The predicted octanol–water partition coefficient (Wildman–Crippen LogP) is 1.43. The van der Waals surface area contributed by atoms with Gasteiger partial charge in [-0.3, -0.25) is 4.79 Å². The number of hydrogen-bond donors (Lipinski definition) is 2. The molecule has 1 amide bonds. The minimum Gasteiger partial charge on any atom is -0.483 e. The Morgan fingerprint density at radius 2 is 2.00 bits per heavy atom. The van der Waals surface area contributed by atoms with E-state index in [0.29, 0.717) is 19.0 Å². The van der Waals surface area contributed by atoms with Crippen molar-refractivity contribution in [2.45, 2.75) is 32.2 Å². The van der Waals surface area contributed by atoms with Crippen LogP contribution < -0.4 is 10.1 Å². The van der Waals surface area contributed by atoms with Crippen molar-refractivity contribution in [3.63, 3.8) is 0 Å². The number of rotatable bonds is 5. The van der Waals surface area contributed by atoms with Gasteiger partial charge in [-0.1, -0.05) is 12.1 Å². The summed E-state index contributed by atoms with van der Waals surface area (Å²) < 4.78 is 10.7. The SMILES string of the molecule is Cc1ccc(C)c(OCC(=O)NC2(C(=O)O)CCOCC2)c1. The highest BCUT2D eigenvalue weighted by Crippen LogP contribution is 2.22. The molecule has 0 aromatic heterocycles. The highest BCUT2D eigenvalue weighted by molar-refractivity contribution is 5.87. The lowest BCUT2D eigenvalue weighted by atomic mass is 9.90. The first-order valence-electron chi connectivity index (χ1n) is 7.25. The summed E-state index contributed by atoms with van der Waals surface area (Å²) in [7, 11) is 0. The van der Waals surface area contributed by atoms with E-state index in [1.807, 2.05) is 32.0 Å². The van der Waals surface area contributed by atoms with Crippen LogP contribution in [-0.2, 0) is 14.3 Å². The van der Waals surface area contributed by atoms with Crippen LogP contribution in [0.4, 0.5) is 0 Å². The summed E-state index contributed by atoms with van der Waals surface area (Å²) in [6.07, 6.45) is 0.523. The number of carboxylic acid groups (broad SMARTS) is 1. The summed E-state index contributed by atoms with van der Waals surface area (Å²) >= 11 is 0. The molecule has 1 aromatic rings. The number of ether oxygens (including phenoxy) is 2. The van der Waals surface area contributed by atoms with Crippen LogP contribution >= 0.6 is 0 Å². The monoisotopic (exact) mass is 307 g/mol. The van der Waals surface area contributed by atoms with Gasteiger partial charge >= 0.3 is 5.97 Å². The van der Waals surface area contributed by atoms with Crippen LogP contribution in [0.2, 0.25) is 0 Å². The Labute approximate surface area is 129 Å². The Kier molecular flexibility index (Phi) is 5.03. The van der Waals surface area contributed by atoms with Gasteiger partial charge in [0.25, 0.3) is 5.91 Å². The molecule has 1 aliphatic heterocycles. The Morgan fingerprint density at radius 3 is 2.64 bits per heavy atom. The van der Waals surface area contributed by atoms with Crippen molar-refractivity contribution in [2.75, 3.05) is 19.8 Å². The van der Waals surface area contributed by atoms with E-state index in [0.717, 1.165) is 11.1 Å². The molecule has 2 rings (SSSR count). The second-order valence-electron chi connectivity index (χ2n) is 5.61.